The molecule has 0 aromatic rings. The van der Waals surface area contributed by atoms with Crippen LogP contribution < -0.4 is 0 Å². The van der Waals surface area contributed by atoms with Crippen molar-refractivity contribution in [2.75, 3.05) is 20.3 Å². The Labute approximate surface area is 92.4 Å². The fraction of sp³-hybridized carbons (Fsp3) is 1.00. The number of ether oxygens (including phenoxy) is 1. The lowest BCUT2D eigenvalue weighted by atomic mass is 9.87. The van der Waals surface area contributed by atoms with Gasteiger partial charge in [-0.15, -0.1) is 0 Å². The van der Waals surface area contributed by atoms with Gasteiger partial charge in [0.05, 0.1) is 12.7 Å². The van der Waals surface area contributed by atoms with E-state index < -0.39 is 0 Å². The van der Waals surface area contributed by atoms with E-state index in [4.69, 9.17) is 4.74 Å². The molecule has 3 atom stereocenters. The van der Waals surface area contributed by atoms with Crippen LogP contribution in [0.4, 0.5) is 0 Å². The third-order valence-electron chi connectivity index (χ3n) is 4.17. The van der Waals surface area contributed by atoms with Crippen LogP contribution in [0.3, 0.4) is 0 Å². The predicted octanol–water partition coefficient (Wildman–Crippen LogP) is 1.26. The summed E-state index contributed by atoms with van der Waals surface area (Å²) in [5.41, 5.74) is 0. The molecule has 2 aliphatic rings. The molecule has 15 heavy (non-hydrogen) atoms. The Morgan fingerprint density at radius 3 is 2.47 bits per heavy atom. The lowest BCUT2D eigenvalue weighted by Crippen LogP contribution is -2.44. The summed E-state index contributed by atoms with van der Waals surface area (Å²) in [6, 6.07) is 1.43. The second kappa shape index (κ2) is 4.81. The average Bonchev–Trinajstić information content (AvgIpc) is 2.49. The molecule has 0 aromatic heterocycles. The van der Waals surface area contributed by atoms with Crippen molar-refractivity contribution in [3.05, 3.63) is 0 Å². The Kier molecular flexibility index (Phi) is 3.65. The Morgan fingerprint density at radius 2 is 1.93 bits per heavy atom. The molecule has 2 aliphatic heterocycles. The molecule has 2 bridgehead atoms. The predicted molar refractivity (Wildman–Crippen MR) is 59.8 cm³/mol. The second-order valence-electron chi connectivity index (χ2n) is 5.01. The molecule has 0 spiro atoms. The first kappa shape index (κ1) is 11.4. The normalized spacial score (nSPS) is 38.2. The highest BCUT2D eigenvalue weighted by molar-refractivity contribution is 4.95. The Morgan fingerprint density at radius 1 is 1.33 bits per heavy atom. The number of aliphatic hydroxyl groups excluding tert-OH is 1. The topological polar surface area (TPSA) is 32.7 Å². The monoisotopic (exact) mass is 213 g/mol. The third kappa shape index (κ3) is 2.35. The standard InChI is InChI=1S/C12H23NO2/c1-3-15-8-12(14)9-6-10-4-5-11(7-9)13(10)2/h9-12,14H,3-8H2,1-2H3. The van der Waals surface area contributed by atoms with E-state index in [0.29, 0.717) is 31.2 Å². The van der Waals surface area contributed by atoms with Gasteiger partial charge >= 0.3 is 0 Å². The van der Waals surface area contributed by atoms with Crippen LogP contribution in [-0.2, 0) is 4.74 Å². The first-order valence-corrected chi connectivity index (χ1v) is 6.20. The zero-order valence-corrected chi connectivity index (χ0v) is 9.85. The van der Waals surface area contributed by atoms with Gasteiger partial charge in [-0.25, -0.2) is 0 Å². The maximum absolute atomic E-state index is 10.0. The minimum absolute atomic E-state index is 0.248. The smallest absolute Gasteiger partial charge is 0.0802 e. The largest absolute Gasteiger partial charge is 0.390 e. The first-order chi connectivity index (χ1) is 7.22. The van der Waals surface area contributed by atoms with Gasteiger partial charge in [0.15, 0.2) is 0 Å². The molecule has 0 aromatic carbocycles. The summed E-state index contributed by atoms with van der Waals surface area (Å²) in [7, 11) is 2.23. The van der Waals surface area contributed by atoms with E-state index in [-0.39, 0.29) is 6.10 Å². The van der Waals surface area contributed by atoms with Gasteiger partial charge in [0, 0.05) is 18.7 Å². The van der Waals surface area contributed by atoms with Crippen molar-refractivity contribution in [2.24, 2.45) is 5.92 Å². The van der Waals surface area contributed by atoms with E-state index in [9.17, 15) is 5.11 Å². The van der Waals surface area contributed by atoms with Gasteiger partial charge in [-0.05, 0) is 45.6 Å². The zero-order chi connectivity index (χ0) is 10.8. The lowest BCUT2D eigenvalue weighted by molar-refractivity contribution is -0.0202. The fourth-order valence-electron chi connectivity index (χ4n) is 3.14. The molecule has 2 heterocycles. The van der Waals surface area contributed by atoms with Gasteiger partial charge < -0.3 is 14.7 Å². The van der Waals surface area contributed by atoms with Gasteiger partial charge in [-0.3, -0.25) is 0 Å². The molecule has 0 amide bonds. The summed E-state index contributed by atoms with van der Waals surface area (Å²) in [4.78, 5) is 2.50. The molecular weight excluding hydrogens is 190 g/mol. The summed E-state index contributed by atoms with van der Waals surface area (Å²) in [6.45, 7) is 3.20. The van der Waals surface area contributed by atoms with Crippen LogP contribution in [0.15, 0.2) is 0 Å². The van der Waals surface area contributed by atoms with E-state index in [0.717, 1.165) is 12.8 Å². The van der Waals surface area contributed by atoms with Crippen molar-refractivity contribution in [3.63, 3.8) is 0 Å². The Balaban J connectivity index is 1.85. The molecule has 0 radical (unpaired) electrons. The summed E-state index contributed by atoms with van der Waals surface area (Å²) < 4.78 is 5.30. The van der Waals surface area contributed by atoms with E-state index in [1.165, 1.54) is 12.8 Å². The van der Waals surface area contributed by atoms with Gasteiger partial charge in [-0.2, -0.15) is 0 Å². The minimum atomic E-state index is -0.248. The van der Waals surface area contributed by atoms with Crippen LogP contribution in [0, 0.1) is 5.92 Å². The zero-order valence-electron chi connectivity index (χ0n) is 9.85. The maximum atomic E-state index is 10.0. The van der Waals surface area contributed by atoms with Gasteiger partial charge in [0.25, 0.3) is 0 Å². The SMILES string of the molecule is CCOCC(O)C1CC2CCC(C1)N2C. The van der Waals surface area contributed by atoms with Gasteiger partial charge in [0.2, 0.25) is 0 Å². The highest BCUT2D eigenvalue weighted by atomic mass is 16.5. The van der Waals surface area contributed by atoms with Gasteiger partial charge in [0.1, 0.15) is 0 Å². The quantitative estimate of drug-likeness (QED) is 0.763. The Bertz CT molecular complexity index is 196. The number of aliphatic hydroxyl groups is 1. The Hall–Kier alpha value is -0.120. The third-order valence-corrected chi connectivity index (χ3v) is 4.17. The molecule has 0 saturated carbocycles. The summed E-state index contributed by atoms with van der Waals surface area (Å²) in [6.07, 6.45) is 4.70. The fourth-order valence-corrected chi connectivity index (χ4v) is 3.14. The number of piperidine rings is 1. The lowest BCUT2D eigenvalue weighted by Gasteiger charge is -2.38. The number of fused-ring (bicyclic) bond motifs is 2. The highest BCUT2D eigenvalue weighted by Crippen LogP contribution is 2.38. The summed E-state index contributed by atoms with van der Waals surface area (Å²) >= 11 is 0. The van der Waals surface area contributed by atoms with E-state index >= 15 is 0 Å². The maximum Gasteiger partial charge on any atom is 0.0802 e. The first-order valence-electron chi connectivity index (χ1n) is 6.20. The summed E-state index contributed by atoms with van der Waals surface area (Å²) in [5.74, 6) is 0.463. The molecule has 3 heteroatoms. The number of nitrogens with zero attached hydrogens (tertiary/aromatic N) is 1. The van der Waals surface area contributed by atoms with Crippen molar-refractivity contribution in [1.29, 1.82) is 0 Å². The van der Waals surface area contributed by atoms with Crippen molar-refractivity contribution < 1.29 is 9.84 Å². The minimum Gasteiger partial charge on any atom is -0.390 e. The van der Waals surface area contributed by atoms with Crippen molar-refractivity contribution in [1.82, 2.24) is 4.90 Å². The van der Waals surface area contributed by atoms with Crippen molar-refractivity contribution in [2.45, 2.75) is 50.8 Å². The number of hydrogen-bond donors (Lipinski definition) is 1. The molecule has 2 fully saturated rings. The van der Waals surface area contributed by atoms with Crippen molar-refractivity contribution in [3.8, 4) is 0 Å². The molecule has 2 rings (SSSR count). The number of rotatable bonds is 4. The number of hydrogen-bond acceptors (Lipinski definition) is 3. The molecular formula is C12H23NO2. The van der Waals surface area contributed by atoms with E-state index in [1.54, 1.807) is 0 Å². The van der Waals surface area contributed by atoms with Crippen LogP contribution in [0.1, 0.15) is 32.6 Å². The van der Waals surface area contributed by atoms with Crippen LogP contribution in [0.5, 0.6) is 0 Å². The summed E-state index contributed by atoms with van der Waals surface area (Å²) in [5, 5.41) is 10.0. The van der Waals surface area contributed by atoms with Crippen LogP contribution >= 0.6 is 0 Å². The van der Waals surface area contributed by atoms with Crippen LogP contribution in [0.2, 0.25) is 0 Å². The van der Waals surface area contributed by atoms with E-state index in [2.05, 4.69) is 11.9 Å². The highest BCUT2D eigenvalue weighted by Gasteiger charge is 2.40. The molecule has 88 valence electrons. The van der Waals surface area contributed by atoms with Gasteiger partial charge in [-0.1, -0.05) is 0 Å². The molecule has 3 unspecified atom stereocenters. The second-order valence-corrected chi connectivity index (χ2v) is 5.01. The van der Waals surface area contributed by atoms with E-state index in [1.807, 2.05) is 6.92 Å². The molecule has 0 aliphatic carbocycles. The van der Waals surface area contributed by atoms with Crippen LogP contribution in [-0.4, -0.2) is 48.5 Å². The molecule has 1 N–H and O–H groups in total. The average molecular weight is 213 g/mol. The van der Waals surface area contributed by atoms with Crippen molar-refractivity contribution >= 4 is 0 Å². The molecule has 3 nitrogen and oxygen atoms in total. The molecule has 2 saturated heterocycles. The van der Waals surface area contributed by atoms with Crippen LogP contribution in [0.25, 0.3) is 0 Å².